The van der Waals surface area contributed by atoms with Crippen molar-refractivity contribution >= 4 is 79.3 Å². The molecule has 0 unspecified atom stereocenters. The molecule has 0 aliphatic carbocycles. The van der Waals surface area contributed by atoms with Crippen LogP contribution in [0, 0.1) is 0 Å². The van der Waals surface area contributed by atoms with Crippen LogP contribution in [0.25, 0.3) is 0 Å². The van der Waals surface area contributed by atoms with Crippen molar-refractivity contribution < 1.29 is 34.2 Å². The van der Waals surface area contributed by atoms with Crippen molar-refractivity contribution in [3.8, 4) is 0 Å². The average Bonchev–Trinajstić information content (AvgIpc) is 3.23. The number of carbonyl (C=O) groups is 4. The predicted octanol–water partition coefficient (Wildman–Crippen LogP) is -0.392. The molecule has 0 saturated carbocycles. The largest absolute Gasteiger partial charge is 0.480 e. The number of thioether (sulfide) groups is 1. The van der Waals surface area contributed by atoms with Gasteiger partial charge in [-0.3, -0.25) is 19.3 Å². The van der Waals surface area contributed by atoms with E-state index in [0.29, 0.717) is 11.3 Å². The van der Waals surface area contributed by atoms with Gasteiger partial charge in [0.1, 0.15) is 36.0 Å². The molecular weight excluding hydrogens is 528 g/mol. The summed E-state index contributed by atoms with van der Waals surface area (Å²) in [4.78, 5) is 58.1. The number of nitrogens with two attached hydrogens (primary N) is 2. The summed E-state index contributed by atoms with van der Waals surface area (Å²) in [5.41, 5.74) is 11.5. The third kappa shape index (κ3) is 5.60. The molecule has 0 aromatic carbocycles. The molecule has 3 atom stereocenters. The van der Waals surface area contributed by atoms with Crippen molar-refractivity contribution in [1.29, 1.82) is 0 Å². The maximum atomic E-state index is 12.8. The van der Waals surface area contributed by atoms with E-state index in [1.807, 2.05) is 0 Å². The van der Waals surface area contributed by atoms with Crippen LogP contribution in [-0.2, 0) is 24.0 Å². The number of nitrogen functional groups attached to an aromatic ring is 1. The zero-order valence-corrected chi connectivity index (χ0v) is 20.8. The van der Waals surface area contributed by atoms with Crippen molar-refractivity contribution in [2.75, 3.05) is 30.1 Å². The van der Waals surface area contributed by atoms with Crippen LogP contribution < -0.4 is 16.8 Å². The van der Waals surface area contributed by atoms with Gasteiger partial charge in [0.25, 0.3) is 11.8 Å². The lowest BCUT2D eigenvalue weighted by Gasteiger charge is -2.49. The number of anilines is 1. The highest BCUT2D eigenvalue weighted by molar-refractivity contribution is 8.76. The highest BCUT2D eigenvalue weighted by atomic mass is 33.1. The highest BCUT2D eigenvalue weighted by Crippen LogP contribution is 2.42. The number of carboxylic acid groups (broad SMARTS) is 2. The Balaban J connectivity index is 1.67. The molecule has 2 amide bonds. The minimum Gasteiger partial charge on any atom is -0.480 e. The Kier molecular flexibility index (Phi) is 8.69. The van der Waals surface area contributed by atoms with Crippen LogP contribution in [0.3, 0.4) is 0 Å². The summed E-state index contributed by atoms with van der Waals surface area (Å²) >= 11 is 2.42. The Bertz CT molecular complexity index is 1060. The molecule has 1 fully saturated rings. The number of fused-ring (bicyclic) bond motifs is 1. The van der Waals surface area contributed by atoms with E-state index in [1.54, 1.807) is 0 Å². The average molecular weight is 549 g/mol. The number of hydrogen-bond acceptors (Lipinski definition) is 13. The van der Waals surface area contributed by atoms with Crippen LogP contribution in [0.1, 0.15) is 5.69 Å². The Morgan fingerprint density at radius 1 is 1.41 bits per heavy atom. The number of aromatic nitrogens is 1. The lowest BCUT2D eigenvalue weighted by atomic mass is 10.0. The summed E-state index contributed by atoms with van der Waals surface area (Å²) in [6, 6.07) is -1.98. The van der Waals surface area contributed by atoms with Gasteiger partial charge in [0, 0.05) is 22.6 Å². The van der Waals surface area contributed by atoms with Crippen LogP contribution >= 0.6 is 44.7 Å². The number of hydrogen-bond donors (Lipinski definition) is 5. The molecule has 1 aromatic heterocycles. The molecule has 1 saturated heterocycles. The van der Waals surface area contributed by atoms with Crippen molar-refractivity contribution in [2.24, 2.45) is 10.9 Å². The van der Waals surface area contributed by atoms with Gasteiger partial charge in [-0.25, -0.2) is 9.78 Å². The number of rotatable bonds is 11. The van der Waals surface area contributed by atoms with Crippen molar-refractivity contribution in [3.05, 3.63) is 22.3 Å². The fourth-order valence-electron chi connectivity index (χ4n) is 3.00. The van der Waals surface area contributed by atoms with Gasteiger partial charge in [-0.15, -0.1) is 23.1 Å². The van der Waals surface area contributed by atoms with Gasteiger partial charge in [0.15, 0.2) is 10.8 Å². The first-order valence-electron chi connectivity index (χ1n) is 9.41. The third-order valence-corrected chi connectivity index (χ3v) is 8.98. The molecule has 7 N–H and O–H groups in total. The van der Waals surface area contributed by atoms with Gasteiger partial charge in [0.2, 0.25) is 0 Å². The number of nitrogens with zero attached hydrogens (tertiary/aromatic N) is 3. The monoisotopic (exact) mass is 548 g/mol. The molecule has 0 radical (unpaired) electrons. The zero-order chi connectivity index (χ0) is 25.0. The van der Waals surface area contributed by atoms with Crippen LogP contribution in [0.2, 0.25) is 0 Å². The summed E-state index contributed by atoms with van der Waals surface area (Å²) in [6.07, 6.45) is 0. The van der Waals surface area contributed by atoms with Gasteiger partial charge >= 0.3 is 11.9 Å². The number of amides is 2. The van der Waals surface area contributed by atoms with E-state index in [0.717, 1.165) is 16.2 Å². The summed E-state index contributed by atoms with van der Waals surface area (Å²) in [7, 11) is 3.73. The van der Waals surface area contributed by atoms with E-state index >= 15 is 0 Å². The minimum absolute atomic E-state index is 0.132. The number of aliphatic carboxylic acids is 2. The molecule has 1 aromatic rings. The van der Waals surface area contributed by atoms with Crippen molar-refractivity contribution in [1.82, 2.24) is 15.2 Å². The standard InChI is InChI=1S/C17H20N6O7S4/c1-30-22-9(8-5-32-17(19)20-8)12(24)21-10-13(25)23-11(16(28)29)6(2-31-14(10)23)3-33-34-4-7(18)15(26)27/h5,7,10,14H,2-4,18H2,1H3,(H2,19,20)(H,21,24)(H,26,27)(H,28,29)/t7-,10+,14+/m0/s1. The normalized spacial score (nSPS) is 20.9. The molecule has 17 heteroatoms. The second-order valence-corrected chi connectivity index (χ2v) is 11.3. The fraction of sp³-hybridized carbons (Fsp3) is 0.412. The first kappa shape index (κ1) is 26.1. The van der Waals surface area contributed by atoms with Gasteiger partial charge in [-0.2, -0.15) is 0 Å². The van der Waals surface area contributed by atoms with Gasteiger partial charge in [-0.05, 0) is 5.57 Å². The smallest absolute Gasteiger partial charge is 0.352 e. The SMILES string of the molecule is CON=C(C(=O)N[C@@H]1C(=O)N2C(C(=O)O)=C(CSSC[C@H](N)C(=O)O)CS[C@H]12)c1csc(N)n1. The second kappa shape index (κ2) is 11.3. The number of nitrogens with one attached hydrogen (secondary N) is 1. The molecule has 0 spiro atoms. The molecule has 3 heterocycles. The molecular formula is C17H20N6O7S4. The van der Waals surface area contributed by atoms with Crippen molar-refractivity contribution in [2.45, 2.75) is 17.5 Å². The van der Waals surface area contributed by atoms with E-state index in [4.69, 9.17) is 21.4 Å². The minimum atomic E-state index is -1.26. The van der Waals surface area contributed by atoms with Crippen LogP contribution in [0.4, 0.5) is 5.13 Å². The molecule has 34 heavy (non-hydrogen) atoms. The number of thiazole rings is 1. The molecule has 13 nitrogen and oxygen atoms in total. The number of carboxylic acids is 2. The fourth-order valence-corrected chi connectivity index (χ4v) is 7.28. The van der Waals surface area contributed by atoms with Gasteiger partial charge in [0.05, 0.1) is 0 Å². The lowest BCUT2D eigenvalue weighted by Crippen LogP contribution is -2.71. The van der Waals surface area contributed by atoms with Gasteiger partial charge < -0.3 is 31.8 Å². The molecule has 2 aliphatic rings. The number of oxime groups is 1. The molecule has 184 valence electrons. The molecule has 2 aliphatic heterocycles. The van der Waals surface area contributed by atoms with E-state index in [9.17, 15) is 24.3 Å². The summed E-state index contributed by atoms with van der Waals surface area (Å²) in [6.45, 7) is 0. The zero-order valence-electron chi connectivity index (χ0n) is 17.5. The number of carbonyl (C=O) groups excluding carboxylic acids is 2. The van der Waals surface area contributed by atoms with E-state index < -0.39 is 41.2 Å². The van der Waals surface area contributed by atoms with Crippen LogP contribution in [0.15, 0.2) is 21.8 Å². The van der Waals surface area contributed by atoms with E-state index in [1.165, 1.54) is 45.8 Å². The summed E-state index contributed by atoms with van der Waals surface area (Å²) < 4.78 is 0. The lowest BCUT2D eigenvalue weighted by molar-refractivity contribution is -0.150. The Hall–Kier alpha value is -2.47. The molecule has 0 bridgehead atoms. The van der Waals surface area contributed by atoms with E-state index in [-0.39, 0.29) is 33.7 Å². The maximum Gasteiger partial charge on any atom is 0.352 e. The number of β-lactam (4-membered cyclic amide) rings is 1. The Labute approximate surface area is 209 Å². The summed E-state index contributed by atoms with van der Waals surface area (Å²) in [5, 5.41) is 26.0. The Morgan fingerprint density at radius 3 is 2.74 bits per heavy atom. The first-order chi connectivity index (χ1) is 16.1. The van der Waals surface area contributed by atoms with Crippen molar-refractivity contribution in [3.63, 3.8) is 0 Å². The maximum absolute atomic E-state index is 12.8. The second-order valence-electron chi connectivity index (χ2n) is 6.80. The highest BCUT2D eigenvalue weighted by Gasteiger charge is 2.54. The van der Waals surface area contributed by atoms with Crippen LogP contribution in [-0.4, -0.2) is 91.4 Å². The first-order valence-corrected chi connectivity index (χ1v) is 13.8. The quantitative estimate of drug-likeness (QED) is 0.0785. The topological polar surface area (TPSA) is 211 Å². The molecule has 3 rings (SSSR count). The predicted molar refractivity (Wildman–Crippen MR) is 130 cm³/mol. The van der Waals surface area contributed by atoms with E-state index in [2.05, 4.69) is 15.5 Å². The third-order valence-electron chi connectivity index (χ3n) is 4.58. The summed E-state index contributed by atoms with van der Waals surface area (Å²) in [5.74, 6) is -2.91. The van der Waals surface area contributed by atoms with Crippen LogP contribution in [0.5, 0.6) is 0 Å². The Morgan fingerprint density at radius 2 is 2.15 bits per heavy atom. The van der Waals surface area contributed by atoms with Gasteiger partial charge in [-0.1, -0.05) is 26.7 Å².